The highest BCUT2D eigenvalue weighted by Crippen LogP contribution is 2.53. The van der Waals surface area contributed by atoms with Gasteiger partial charge >= 0.3 is 5.97 Å². The van der Waals surface area contributed by atoms with E-state index in [4.69, 9.17) is 5.11 Å². The summed E-state index contributed by atoms with van der Waals surface area (Å²) in [5.74, 6) is -0.659. The van der Waals surface area contributed by atoms with Gasteiger partial charge in [-0.15, -0.1) is 0 Å². The molecule has 0 saturated heterocycles. The van der Waals surface area contributed by atoms with Crippen molar-refractivity contribution in [3.63, 3.8) is 0 Å². The molecule has 0 spiro atoms. The van der Waals surface area contributed by atoms with Gasteiger partial charge in [-0.05, 0) is 36.5 Å². The average Bonchev–Trinajstić information content (AvgIpc) is 2.99. The SMILES string of the molecule is O=C(O)CC1(c2cccc3c2CCS3(=O)=O)CC1. The zero-order chi connectivity index (χ0) is 13.0. The van der Waals surface area contributed by atoms with Crippen LogP contribution in [0.4, 0.5) is 0 Å². The van der Waals surface area contributed by atoms with Crippen LogP contribution in [0, 0.1) is 0 Å². The van der Waals surface area contributed by atoms with E-state index in [1.165, 1.54) is 0 Å². The van der Waals surface area contributed by atoms with Gasteiger partial charge in [0.15, 0.2) is 9.84 Å². The summed E-state index contributed by atoms with van der Waals surface area (Å²) in [5.41, 5.74) is 1.50. The van der Waals surface area contributed by atoms with Crippen molar-refractivity contribution >= 4 is 15.8 Å². The van der Waals surface area contributed by atoms with Crippen LogP contribution in [0.3, 0.4) is 0 Å². The number of hydrogen-bond donors (Lipinski definition) is 1. The maximum atomic E-state index is 11.9. The summed E-state index contributed by atoms with van der Waals surface area (Å²) >= 11 is 0. The average molecular weight is 266 g/mol. The molecule has 4 nitrogen and oxygen atoms in total. The number of rotatable bonds is 3. The first kappa shape index (κ1) is 11.7. The van der Waals surface area contributed by atoms with Gasteiger partial charge in [-0.25, -0.2) is 8.42 Å². The lowest BCUT2D eigenvalue weighted by atomic mass is 9.88. The number of aliphatic carboxylic acids is 1. The van der Waals surface area contributed by atoms with Gasteiger partial charge in [0.05, 0.1) is 17.1 Å². The predicted octanol–water partition coefficient (Wildman–Crippen LogP) is 1.52. The molecule has 1 aromatic rings. The molecule has 3 rings (SSSR count). The zero-order valence-corrected chi connectivity index (χ0v) is 10.7. The van der Waals surface area contributed by atoms with Gasteiger partial charge in [0, 0.05) is 5.41 Å². The van der Waals surface area contributed by atoms with Crippen LogP contribution in [0.5, 0.6) is 0 Å². The van der Waals surface area contributed by atoms with Crippen LogP contribution in [0.15, 0.2) is 23.1 Å². The fourth-order valence-electron chi connectivity index (χ4n) is 2.94. The third-order valence-corrected chi connectivity index (χ3v) is 5.80. The Hall–Kier alpha value is -1.36. The first-order valence-corrected chi connectivity index (χ1v) is 7.67. The van der Waals surface area contributed by atoms with Crippen molar-refractivity contribution in [1.29, 1.82) is 0 Å². The van der Waals surface area contributed by atoms with E-state index < -0.39 is 15.8 Å². The van der Waals surface area contributed by atoms with Gasteiger partial charge in [-0.2, -0.15) is 0 Å². The highest BCUT2D eigenvalue weighted by Gasteiger charge is 2.48. The molecule has 0 atom stereocenters. The van der Waals surface area contributed by atoms with E-state index in [2.05, 4.69) is 0 Å². The third kappa shape index (κ3) is 1.65. The number of hydrogen-bond acceptors (Lipinski definition) is 3. The first-order chi connectivity index (χ1) is 8.45. The maximum Gasteiger partial charge on any atom is 0.304 e. The summed E-state index contributed by atoms with van der Waals surface area (Å²) in [5, 5.41) is 8.98. The van der Waals surface area contributed by atoms with Gasteiger partial charge in [0.25, 0.3) is 0 Å². The van der Waals surface area contributed by atoms with Crippen LogP contribution >= 0.6 is 0 Å². The second kappa shape index (κ2) is 3.57. The Morgan fingerprint density at radius 3 is 2.67 bits per heavy atom. The van der Waals surface area contributed by atoms with E-state index in [1.807, 2.05) is 6.07 Å². The van der Waals surface area contributed by atoms with Crippen LogP contribution < -0.4 is 0 Å². The predicted molar refractivity (Wildman–Crippen MR) is 65.4 cm³/mol. The van der Waals surface area contributed by atoms with E-state index >= 15 is 0 Å². The lowest BCUT2D eigenvalue weighted by Crippen LogP contribution is -2.15. The lowest BCUT2D eigenvalue weighted by Gasteiger charge is -2.16. The first-order valence-electron chi connectivity index (χ1n) is 6.02. The van der Waals surface area contributed by atoms with Crippen molar-refractivity contribution in [1.82, 2.24) is 0 Å². The molecule has 1 N–H and O–H groups in total. The number of benzene rings is 1. The summed E-state index contributed by atoms with van der Waals surface area (Å²) in [7, 11) is -3.14. The highest BCUT2D eigenvalue weighted by atomic mass is 32.2. The molecule has 1 saturated carbocycles. The van der Waals surface area contributed by atoms with Gasteiger partial charge in [0.2, 0.25) is 0 Å². The number of sulfone groups is 1. The summed E-state index contributed by atoms with van der Waals surface area (Å²) in [6.45, 7) is 0. The van der Waals surface area contributed by atoms with Crippen LogP contribution in [-0.2, 0) is 26.5 Å². The van der Waals surface area contributed by atoms with Crippen molar-refractivity contribution in [3.8, 4) is 0 Å². The summed E-state index contributed by atoms with van der Waals surface area (Å²) < 4.78 is 23.7. The minimum atomic E-state index is -3.14. The van der Waals surface area contributed by atoms with Crippen LogP contribution in [0.1, 0.15) is 30.4 Å². The molecule has 1 aliphatic carbocycles. The highest BCUT2D eigenvalue weighted by molar-refractivity contribution is 7.91. The Kier molecular flexibility index (Phi) is 2.32. The Balaban J connectivity index is 2.11. The maximum absolute atomic E-state index is 11.9. The van der Waals surface area contributed by atoms with Crippen LogP contribution in [0.2, 0.25) is 0 Å². The molecule has 0 bridgehead atoms. The molecule has 18 heavy (non-hydrogen) atoms. The molecule has 2 aliphatic rings. The summed E-state index contributed by atoms with van der Waals surface area (Å²) in [6.07, 6.45) is 2.31. The zero-order valence-electron chi connectivity index (χ0n) is 9.85. The van der Waals surface area contributed by atoms with E-state index in [1.54, 1.807) is 12.1 Å². The molecule has 1 heterocycles. The quantitative estimate of drug-likeness (QED) is 0.900. The molecule has 1 fully saturated rings. The van der Waals surface area contributed by atoms with E-state index in [9.17, 15) is 13.2 Å². The van der Waals surface area contributed by atoms with Crippen LogP contribution in [-0.4, -0.2) is 25.2 Å². The molecular formula is C13H14O4S. The molecule has 0 amide bonds. The number of carboxylic acids is 1. The fraction of sp³-hybridized carbons (Fsp3) is 0.462. The van der Waals surface area contributed by atoms with Crippen molar-refractivity contribution in [2.45, 2.75) is 36.0 Å². The van der Waals surface area contributed by atoms with Crippen molar-refractivity contribution in [2.24, 2.45) is 0 Å². The normalized spacial score (nSPS) is 22.4. The lowest BCUT2D eigenvalue weighted by molar-refractivity contribution is -0.137. The fourth-order valence-corrected chi connectivity index (χ4v) is 4.51. The Morgan fingerprint density at radius 1 is 1.33 bits per heavy atom. The standard InChI is InChI=1S/C13H14O4S/c14-12(15)8-13(5-6-13)10-2-1-3-11-9(10)4-7-18(11,16)17/h1-3H,4-8H2,(H,14,15). The molecule has 0 radical (unpaired) electrons. The smallest absolute Gasteiger partial charge is 0.304 e. The molecule has 0 aromatic heterocycles. The van der Waals surface area contributed by atoms with Gasteiger partial charge in [-0.3, -0.25) is 4.79 Å². The minimum Gasteiger partial charge on any atom is -0.481 e. The Labute approximate surface area is 106 Å². The van der Waals surface area contributed by atoms with Crippen molar-refractivity contribution in [2.75, 3.05) is 5.75 Å². The van der Waals surface area contributed by atoms with E-state index in [0.29, 0.717) is 11.3 Å². The second-order valence-electron chi connectivity index (χ2n) is 5.20. The Bertz CT molecular complexity index is 626. The molecule has 1 aliphatic heterocycles. The van der Waals surface area contributed by atoms with Gasteiger partial charge in [-0.1, -0.05) is 12.1 Å². The third-order valence-electron chi connectivity index (χ3n) is 4.00. The summed E-state index contributed by atoms with van der Waals surface area (Å²) in [4.78, 5) is 11.4. The van der Waals surface area contributed by atoms with Crippen molar-refractivity contribution < 1.29 is 18.3 Å². The molecule has 96 valence electrons. The molecular weight excluding hydrogens is 252 g/mol. The van der Waals surface area contributed by atoms with E-state index in [-0.39, 0.29) is 17.6 Å². The van der Waals surface area contributed by atoms with Crippen LogP contribution in [0.25, 0.3) is 0 Å². The summed E-state index contributed by atoms with van der Waals surface area (Å²) in [6, 6.07) is 5.27. The van der Waals surface area contributed by atoms with E-state index in [0.717, 1.165) is 24.0 Å². The van der Waals surface area contributed by atoms with Crippen molar-refractivity contribution in [3.05, 3.63) is 29.3 Å². The topological polar surface area (TPSA) is 71.4 Å². The Morgan fingerprint density at radius 2 is 2.06 bits per heavy atom. The number of carbonyl (C=O) groups is 1. The molecule has 1 aromatic carbocycles. The van der Waals surface area contributed by atoms with Gasteiger partial charge < -0.3 is 5.11 Å². The second-order valence-corrected chi connectivity index (χ2v) is 7.28. The monoisotopic (exact) mass is 266 g/mol. The largest absolute Gasteiger partial charge is 0.481 e. The minimum absolute atomic E-state index is 0.101. The number of fused-ring (bicyclic) bond motifs is 1. The molecule has 0 unspecified atom stereocenters. The molecule has 5 heteroatoms. The van der Waals surface area contributed by atoms with Gasteiger partial charge in [0.1, 0.15) is 0 Å². The number of carboxylic acid groups (broad SMARTS) is 1.